The van der Waals surface area contributed by atoms with Gasteiger partial charge in [0.2, 0.25) is 0 Å². The van der Waals surface area contributed by atoms with Crippen LogP contribution in [-0.4, -0.2) is 15.0 Å². The van der Waals surface area contributed by atoms with Gasteiger partial charge < -0.3 is 0 Å². The van der Waals surface area contributed by atoms with Crippen LogP contribution < -0.4 is 0 Å². The molecule has 2 aromatic carbocycles. The van der Waals surface area contributed by atoms with Gasteiger partial charge in [0.15, 0.2) is 4.34 Å². The number of thiazole rings is 1. The second-order valence-corrected chi connectivity index (χ2v) is 8.55. The zero-order valence-corrected chi connectivity index (χ0v) is 15.4. The molecule has 0 unspecified atom stereocenters. The van der Waals surface area contributed by atoms with E-state index in [9.17, 15) is 0 Å². The molecule has 0 bridgehead atoms. The fraction of sp³-hybridized carbons (Fsp3) is 0. The average Bonchev–Trinajstić information content (AvgIpc) is 3.26. The summed E-state index contributed by atoms with van der Waals surface area (Å²) < 4.78 is 2.20. The first-order valence-electron chi connectivity index (χ1n) is 7.69. The van der Waals surface area contributed by atoms with Crippen molar-refractivity contribution in [3.05, 3.63) is 66.3 Å². The summed E-state index contributed by atoms with van der Waals surface area (Å²) in [4.78, 5) is 14.7. The first-order chi connectivity index (χ1) is 12.4. The van der Waals surface area contributed by atoms with Crippen LogP contribution in [-0.2, 0) is 0 Å². The molecule has 0 aliphatic carbocycles. The third-order valence-electron chi connectivity index (χ3n) is 3.88. The molecule has 0 fully saturated rings. The minimum absolute atomic E-state index is 0.962. The van der Waals surface area contributed by atoms with Gasteiger partial charge in [-0.1, -0.05) is 42.5 Å². The van der Waals surface area contributed by atoms with E-state index in [1.54, 1.807) is 40.8 Å². The average molecular weight is 378 g/mol. The third-order valence-corrected chi connectivity index (χ3v) is 6.86. The van der Waals surface area contributed by atoms with Gasteiger partial charge in [0.25, 0.3) is 0 Å². The zero-order chi connectivity index (χ0) is 16.6. The maximum Gasteiger partial charge on any atom is 0.157 e. The lowest BCUT2D eigenvalue weighted by Crippen LogP contribution is -1.85. The normalized spacial score (nSPS) is 11.4. The van der Waals surface area contributed by atoms with Crippen molar-refractivity contribution in [1.82, 2.24) is 15.0 Å². The largest absolute Gasteiger partial charge is 0.229 e. The van der Waals surface area contributed by atoms with E-state index in [0.29, 0.717) is 0 Å². The van der Waals surface area contributed by atoms with Gasteiger partial charge >= 0.3 is 0 Å². The lowest BCUT2D eigenvalue weighted by atomic mass is 10.1. The maximum absolute atomic E-state index is 4.73. The molecule has 0 radical (unpaired) electrons. The van der Waals surface area contributed by atoms with Crippen molar-refractivity contribution in [2.75, 3.05) is 0 Å². The highest BCUT2D eigenvalue weighted by Gasteiger charge is 2.15. The van der Waals surface area contributed by atoms with E-state index in [1.807, 2.05) is 24.3 Å². The highest BCUT2D eigenvalue weighted by atomic mass is 32.2. The van der Waals surface area contributed by atoms with Crippen LogP contribution in [0, 0.1) is 0 Å². The predicted molar refractivity (Wildman–Crippen MR) is 107 cm³/mol. The lowest BCUT2D eigenvalue weighted by Gasteiger charge is -2.03. The number of hydrogen-bond acceptors (Lipinski definition) is 6. The Morgan fingerprint density at radius 1 is 0.880 bits per heavy atom. The molecule has 0 amide bonds. The Balaban J connectivity index is 1.64. The lowest BCUT2D eigenvalue weighted by molar-refractivity contribution is 1.11. The van der Waals surface area contributed by atoms with Gasteiger partial charge in [0.1, 0.15) is 16.2 Å². The fourth-order valence-electron chi connectivity index (χ4n) is 2.73. The summed E-state index contributed by atoms with van der Waals surface area (Å²) in [6.45, 7) is 0. The number of fused-ring (bicyclic) bond motifs is 2. The van der Waals surface area contributed by atoms with Gasteiger partial charge in [-0.25, -0.2) is 15.0 Å². The molecule has 0 saturated heterocycles. The van der Waals surface area contributed by atoms with Crippen LogP contribution in [0.2, 0.25) is 0 Å². The number of benzene rings is 2. The van der Waals surface area contributed by atoms with Crippen LogP contribution in [0.1, 0.15) is 0 Å². The number of nitrogens with zero attached hydrogens (tertiary/aromatic N) is 3. The molecule has 3 heterocycles. The highest BCUT2D eigenvalue weighted by Crippen LogP contribution is 2.41. The molecular weight excluding hydrogens is 366 g/mol. The second-order valence-electron chi connectivity index (χ2n) is 5.42. The predicted octanol–water partition coefficient (Wildman–Crippen LogP) is 6.12. The summed E-state index contributed by atoms with van der Waals surface area (Å²) in [5.74, 6) is 0. The molecule has 0 aliphatic heterocycles. The summed E-state index contributed by atoms with van der Waals surface area (Å²) >= 11 is 4.98. The van der Waals surface area contributed by atoms with E-state index in [-0.39, 0.29) is 0 Å². The summed E-state index contributed by atoms with van der Waals surface area (Å²) in [7, 11) is 0. The Bertz CT molecular complexity index is 1150. The molecule has 5 aromatic rings. The minimum Gasteiger partial charge on any atom is -0.229 e. The molecule has 0 spiro atoms. The van der Waals surface area contributed by atoms with Gasteiger partial charge in [-0.15, -0.1) is 22.7 Å². The van der Waals surface area contributed by atoms with Crippen molar-refractivity contribution >= 4 is 54.9 Å². The Morgan fingerprint density at radius 3 is 2.60 bits per heavy atom. The number of thiophene rings is 1. The van der Waals surface area contributed by atoms with Crippen molar-refractivity contribution in [2.45, 2.75) is 9.37 Å². The van der Waals surface area contributed by atoms with Crippen LogP contribution in [0.3, 0.4) is 0 Å². The fourth-order valence-corrected chi connectivity index (χ4v) is 5.80. The van der Waals surface area contributed by atoms with Crippen LogP contribution in [0.4, 0.5) is 0 Å². The molecule has 120 valence electrons. The van der Waals surface area contributed by atoms with Gasteiger partial charge in [-0.05, 0) is 29.5 Å². The van der Waals surface area contributed by atoms with E-state index in [2.05, 4.69) is 45.7 Å². The molecular formula is C19H11N3S3. The van der Waals surface area contributed by atoms with E-state index >= 15 is 0 Å². The number of para-hydroxylation sites is 1. The first kappa shape index (κ1) is 15.0. The van der Waals surface area contributed by atoms with Crippen molar-refractivity contribution in [3.8, 4) is 11.1 Å². The Labute approximate surface area is 156 Å². The Hall–Kier alpha value is -2.28. The summed E-state index contributed by atoms with van der Waals surface area (Å²) in [6, 6.07) is 18.6. The summed E-state index contributed by atoms with van der Waals surface area (Å²) in [5, 5.41) is 4.24. The molecule has 5 rings (SSSR count). The van der Waals surface area contributed by atoms with Crippen molar-refractivity contribution < 1.29 is 0 Å². The van der Waals surface area contributed by atoms with Crippen molar-refractivity contribution in [3.63, 3.8) is 0 Å². The number of hydrogen-bond donors (Lipinski definition) is 0. The zero-order valence-electron chi connectivity index (χ0n) is 12.9. The smallest absolute Gasteiger partial charge is 0.157 e. The highest BCUT2D eigenvalue weighted by molar-refractivity contribution is 8.01. The summed E-state index contributed by atoms with van der Waals surface area (Å²) in [6.07, 6.45) is 1.64. The standard InChI is InChI=1S/C19H11N3S3/c1-2-6-12(7-3-1)13-10-23-17-16(13)18(21-11-20-17)25-19-22-14-8-4-5-9-15(14)24-19/h1-11H. The van der Waals surface area contributed by atoms with Crippen molar-refractivity contribution in [1.29, 1.82) is 0 Å². The maximum atomic E-state index is 4.73. The van der Waals surface area contributed by atoms with Crippen LogP contribution in [0.5, 0.6) is 0 Å². The van der Waals surface area contributed by atoms with Gasteiger partial charge in [0.05, 0.1) is 15.6 Å². The van der Waals surface area contributed by atoms with E-state index in [0.717, 1.165) is 25.1 Å². The number of rotatable bonds is 3. The van der Waals surface area contributed by atoms with Gasteiger partial charge in [-0.3, -0.25) is 0 Å². The molecule has 3 nitrogen and oxygen atoms in total. The third kappa shape index (κ3) is 2.72. The van der Waals surface area contributed by atoms with Crippen LogP contribution >= 0.6 is 34.4 Å². The van der Waals surface area contributed by atoms with E-state index in [1.165, 1.54) is 15.8 Å². The Kier molecular flexibility index (Phi) is 3.73. The SMILES string of the molecule is c1ccc(-c2csc3ncnc(Sc4nc5ccccc5s4)c23)cc1. The molecule has 0 aliphatic rings. The van der Waals surface area contributed by atoms with Crippen LogP contribution in [0.25, 0.3) is 31.6 Å². The van der Waals surface area contributed by atoms with Gasteiger partial charge in [0, 0.05) is 10.9 Å². The first-order valence-corrected chi connectivity index (χ1v) is 10.2. The molecule has 25 heavy (non-hydrogen) atoms. The van der Waals surface area contributed by atoms with E-state index in [4.69, 9.17) is 4.98 Å². The minimum atomic E-state index is 0.962. The Morgan fingerprint density at radius 2 is 1.72 bits per heavy atom. The molecule has 6 heteroatoms. The summed E-state index contributed by atoms with van der Waals surface area (Å²) in [5.41, 5.74) is 3.41. The monoisotopic (exact) mass is 377 g/mol. The quantitative estimate of drug-likeness (QED) is 0.355. The topological polar surface area (TPSA) is 38.7 Å². The van der Waals surface area contributed by atoms with Crippen LogP contribution in [0.15, 0.2) is 75.7 Å². The molecule has 0 saturated carbocycles. The van der Waals surface area contributed by atoms with E-state index < -0.39 is 0 Å². The second kappa shape index (κ2) is 6.22. The van der Waals surface area contributed by atoms with Crippen molar-refractivity contribution in [2.24, 2.45) is 0 Å². The number of aromatic nitrogens is 3. The molecule has 0 N–H and O–H groups in total. The molecule has 0 atom stereocenters. The van der Waals surface area contributed by atoms with Gasteiger partial charge in [-0.2, -0.15) is 0 Å². The molecule has 3 aromatic heterocycles.